The van der Waals surface area contributed by atoms with E-state index in [2.05, 4.69) is 20.6 Å². The molecule has 0 radical (unpaired) electrons. The van der Waals surface area contributed by atoms with Crippen molar-refractivity contribution in [2.75, 3.05) is 44.0 Å². The number of benzene rings is 1. The second kappa shape index (κ2) is 11.6. The van der Waals surface area contributed by atoms with Gasteiger partial charge in [0, 0.05) is 30.9 Å². The summed E-state index contributed by atoms with van der Waals surface area (Å²) in [6.45, 7) is 3.12. The Kier molecular flexibility index (Phi) is 8.47. The predicted octanol–water partition coefficient (Wildman–Crippen LogP) is 1.63. The summed E-state index contributed by atoms with van der Waals surface area (Å²) in [5.41, 5.74) is 6.65. The molecule has 2 fully saturated rings. The zero-order valence-corrected chi connectivity index (χ0v) is 21.9. The SMILES string of the molecule is CCc1nc(C(N)=O)c(Nc2ccc(S(=O)(=O)N3CCOCC3)c(OC)c2)nc1NC1CCC(O)CC1. The molecular formula is C24H34N6O6S. The van der Waals surface area contributed by atoms with Gasteiger partial charge in [-0.05, 0) is 44.2 Å². The summed E-state index contributed by atoms with van der Waals surface area (Å²) in [7, 11) is -2.39. The first kappa shape index (κ1) is 27.0. The molecule has 37 heavy (non-hydrogen) atoms. The number of primary amides is 1. The maximum Gasteiger partial charge on any atom is 0.271 e. The number of carbonyl (C=O) groups is 1. The number of nitrogens with one attached hydrogen (secondary N) is 2. The van der Waals surface area contributed by atoms with Crippen LogP contribution in [0, 0.1) is 0 Å². The van der Waals surface area contributed by atoms with E-state index in [0.717, 1.165) is 12.8 Å². The van der Waals surface area contributed by atoms with Crippen LogP contribution >= 0.6 is 0 Å². The van der Waals surface area contributed by atoms with Crippen molar-refractivity contribution in [1.82, 2.24) is 14.3 Å². The van der Waals surface area contributed by atoms with Crippen molar-refractivity contribution in [3.63, 3.8) is 0 Å². The van der Waals surface area contributed by atoms with E-state index < -0.39 is 15.9 Å². The number of nitrogens with two attached hydrogens (primary N) is 1. The number of methoxy groups -OCH3 is 1. The summed E-state index contributed by atoms with van der Waals surface area (Å²) >= 11 is 0. The monoisotopic (exact) mass is 534 g/mol. The molecule has 1 aliphatic carbocycles. The average Bonchev–Trinajstić information content (AvgIpc) is 2.90. The van der Waals surface area contributed by atoms with Crippen LogP contribution in [0.5, 0.6) is 5.75 Å². The van der Waals surface area contributed by atoms with Gasteiger partial charge in [-0.25, -0.2) is 18.4 Å². The lowest BCUT2D eigenvalue weighted by atomic mass is 9.93. The van der Waals surface area contributed by atoms with Crippen LogP contribution in [0.1, 0.15) is 48.8 Å². The summed E-state index contributed by atoms with van der Waals surface area (Å²) in [6, 6.07) is 4.69. The zero-order valence-electron chi connectivity index (χ0n) is 21.1. The van der Waals surface area contributed by atoms with E-state index in [0.29, 0.717) is 49.7 Å². The van der Waals surface area contributed by atoms with Crippen molar-refractivity contribution in [1.29, 1.82) is 0 Å². The predicted molar refractivity (Wildman–Crippen MR) is 138 cm³/mol. The minimum atomic E-state index is -3.78. The molecule has 13 heteroatoms. The number of hydrogen-bond acceptors (Lipinski definition) is 10. The van der Waals surface area contributed by atoms with Gasteiger partial charge in [-0.2, -0.15) is 4.31 Å². The number of aliphatic hydroxyl groups is 1. The lowest BCUT2D eigenvalue weighted by Crippen LogP contribution is -2.40. The summed E-state index contributed by atoms with van der Waals surface area (Å²) in [6.07, 6.45) is 3.25. The number of nitrogens with zero attached hydrogens (tertiary/aromatic N) is 3. The van der Waals surface area contributed by atoms with Crippen LogP contribution in [0.4, 0.5) is 17.3 Å². The molecule has 1 aromatic heterocycles. The maximum absolute atomic E-state index is 13.2. The molecule has 1 aliphatic heterocycles. The van der Waals surface area contributed by atoms with Crippen molar-refractivity contribution in [2.45, 2.75) is 56.1 Å². The molecule has 2 heterocycles. The molecule has 202 valence electrons. The lowest BCUT2D eigenvalue weighted by molar-refractivity contribution is 0.0729. The second-order valence-corrected chi connectivity index (χ2v) is 11.0. The number of aliphatic hydroxyl groups excluding tert-OH is 1. The molecule has 1 amide bonds. The summed E-state index contributed by atoms with van der Waals surface area (Å²) < 4.78 is 38.4. The molecule has 0 bridgehead atoms. The van der Waals surface area contributed by atoms with Crippen LogP contribution in [0.25, 0.3) is 0 Å². The summed E-state index contributed by atoms with van der Waals surface area (Å²) in [5, 5.41) is 16.3. The Balaban J connectivity index is 1.64. The molecule has 12 nitrogen and oxygen atoms in total. The van der Waals surface area contributed by atoms with Gasteiger partial charge in [-0.3, -0.25) is 4.79 Å². The first-order valence-corrected chi connectivity index (χ1v) is 13.8. The Morgan fingerprint density at radius 1 is 1.19 bits per heavy atom. The van der Waals surface area contributed by atoms with Gasteiger partial charge in [0.15, 0.2) is 11.5 Å². The van der Waals surface area contributed by atoms with Crippen LogP contribution in [-0.4, -0.2) is 79.3 Å². The van der Waals surface area contributed by atoms with Crippen LogP contribution < -0.4 is 21.1 Å². The number of ether oxygens (including phenoxy) is 2. The number of morpholine rings is 1. The Hall–Kier alpha value is -3.00. The number of anilines is 3. The van der Waals surface area contributed by atoms with E-state index >= 15 is 0 Å². The van der Waals surface area contributed by atoms with Crippen LogP contribution in [0.3, 0.4) is 0 Å². The van der Waals surface area contributed by atoms with Gasteiger partial charge in [0.05, 0.1) is 32.1 Å². The van der Waals surface area contributed by atoms with Crippen molar-refractivity contribution in [2.24, 2.45) is 5.73 Å². The van der Waals surface area contributed by atoms with Gasteiger partial charge < -0.3 is 30.9 Å². The fraction of sp³-hybridized carbons (Fsp3) is 0.542. The molecule has 2 aliphatic rings. The van der Waals surface area contributed by atoms with Gasteiger partial charge >= 0.3 is 0 Å². The van der Waals surface area contributed by atoms with Gasteiger partial charge in [0.1, 0.15) is 16.5 Å². The Morgan fingerprint density at radius 2 is 1.89 bits per heavy atom. The molecule has 0 atom stereocenters. The largest absolute Gasteiger partial charge is 0.495 e. The number of carbonyl (C=O) groups excluding carboxylic acids is 1. The smallest absolute Gasteiger partial charge is 0.271 e. The van der Waals surface area contributed by atoms with E-state index in [1.165, 1.54) is 23.5 Å². The number of sulfonamides is 1. The van der Waals surface area contributed by atoms with Gasteiger partial charge in [0.2, 0.25) is 10.0 Å². The fourth-order valence-corrected chi connectivity index (χ4v) is 6.07. The minimum absolute atomic E-state index is 0.0227. The highest BCUT2D eigenvalue weighted by Gasteiger charge is 2.30. The van der Waals surface area contributed by atoms with Gasteiger partial charge in [-0.1, -0.05) is 6.92 Å². The van der Waals surface area contributed by atoms with Gasteiger partial charge in [0.25, 0.3) is 5.91 Å². The lowest BCUT2D eigenvalue weighted by Gasteiger charge is -2.27. The minimum Gasteiger partial charge on any atom is -0.495 e. The van der Waals surface area contributed by atoms with Crippen LogP contribution in [0.15, 0.2) is 23.1 Å². The first-order chi connectivity index (χ1) is 17.7. The van der Waals surface area contributed by atoms with E-state index in [-0.39, 0.29) is 47.4 Å². The van der Waals surface area contributed by atoms with Crippen molar-refractivity contribution >= 4 is 33.3 Å². The quantitative estimate of drug-likeness (QED) is 0.371. The number of aryl methyl sites for hydroxylation is 1. The number of aromatic nitrogens is 2. The molecule has 5 N–H and O–H groups in total. The van der Waals surface area contributed by atoms with E-state index in [1.54, 1.807) is 6.07 Å². The third-order valence-electron chi connectivity index (χ3n) is 6.59. The fourth-order valence-electron chi connectivity index (χ4n) is 4.53. The normalized spacial score (nSPS) is 20.8. The second-order valence-electron chi connectivity index (χ2n) is 9.09. The standard InChI is InChI=1S/C24H34N6O6S/c1-3-18-23(26-15-4-7-17(31)8-5-15)29-24(21(28-18)22(25)32)27-16-6-9-20(19(14-16)35-2)37(33,34)30-10-12-36-13-11-30/h6,9,14-15,17,31H,3-5,7-8,10-13H2,1-2H3,(H2,25,32)(H2,26,27,29). The third kappa shape index (κ3) is 6.12. The molecule has 4 rings (SSSR count). The molecule has 1 saturated heterocycles. The molecule has 0 unspecified atom stereocenters. The maximum atomic E-state index is 13.2. The molecule has 1 saturated carbocycles. The third-order valence-corrected chi connectivity index (χ3v) is 8.53. The Bertz CT molecular complexity index is 1230. The highest BCUT2D eigenvalue weighted by molar-refractivity contribution is 7.89. The van der Waals surface area contributed by atoms with E-state index in [4.69, 9.17) is 15.2 Å². The van der Waals surface area contributed by atoms with E-state index in [1.807, 2.05) is 6.92 Å². The van der Waals surface area contributed by atoms with Crippen molar-refractivity contribution < 1.29 is 27.8 Å². The molecule has 0 spiro atoms. The average molecular weight is 535 g/mol. The number of amides is 1. The topological polar surface area (TPSA) is 169 Å². The van der Waals surface area contributed by atoms with Gasteiger partial charge in [-0.15, -0.1) is 0 Å². The van der Waals surface area contributed by atoms with Crippen molar-refractivity contribution in [3.8, 4) is 5.75 Å². The molecular weight excluding hydrogens is 500 g/mol. The number of hydrogen-bond donors (Lipinski definition) is 4. The molecule has 1 aromatic carbocycles. The first-order valence-electron chi connectivity index (χ1n) is 12.4. The highest BCUT2D eigenvalue weighted by atomic mass is 32.2. The van der Waals surface area contributed by atoms with Crippen LogP contribution in [0.2, 0.25) is 0 Å². The van der Waals surface area contributed by atoms with E-state index in [9.17, 15) is 18.3 Å². The Morgan fingerprint density at radius 3 is 2.51 bits per heavy atom. The van der Waals surface area contributed by atoms with Crippen LogP contribution in [-0.2, 0) is 21.2 Å². The Labute approximate surface area is 216 Å². The summed E-state index contributed by atoms with van der Waals surface area (Å²) in [4.78, 5) is 21.4. The summed E-state index contributed by atoms with van der Waals surface area (Å²) in [5.74, 6) is 0.0913. The zero-order chi connectivity index (χ0) is 26.6. The van der Waals surface area contributed by atoms with Crippen molar-refractivity contribution in [3.05, 3.63) is 29.6 Å². The number of rotatable bonds is 9. The highest BCUT2D eigenvalue weighted by Crippen LogP contribution is 2.32. The molecule has 2 aromatic rings.